The monoisotopic (exact) mass is 210 g/mol. The van der Waals surface area contributed by atoms with Gasteiger partial charge in [-0.05, 0) is 24.4 Å². The van der Waals surface area contributed by atoms with Crippen LogP contribution >= 0.6 is 11.6 Å². The lowest BCUT2D eigenvalue weighted by Gasteiger charge is -2.15. The van der Waals surface area contributed by atoms with E-state index in [0.717, 1.165) is 12.8 Å². The van der Waals surface area contributed by atoms with Crippen molar-refractivity contribution in [2.75, 3.05) is 0 Å². The van der Waals surface area contributed by atoms with E-state index in [1.165, 1.54) is 19.3 Å². The number of rotatable bonds is 6. The first kappa shape index (κ1) is 13.4. The molecule has 0 rings (SSSR count). The fraction of sp³-hybridized carbons (Fsp3) is 0.692. The second kappa shape index (κ2) is 8.98. The first-order chi connectivity index (χ1) is 6.79. The Morgan fingerprint density at radius 2 is 1.93 bits per heavy atom. The maximum Gasteiger partial charge on any atom is 0.0350 e. The molecular weight excluding hydrogens is 192 g/mol. The normalized spacial score (nSPS) is 13.6. The molecule has 2 atom stereocenters. The molecule has 0 bridgehead atoms. The molecule has 0 aliphatic rings. The summed E-state index contributed by atoms with van der Waals surface area (Å²) in [5, 5.41) is 2.45. The summed E-state index contributed by atoms with van der Waals surface area (Å²) in [5.74, 6) is 6.37. The van der Waals surface area contributed by atoms with E-state index in [-0.39, 0.29) is 11.8 Å². The first-order valence-electron chi connectivity index (χ1n) is 5.37. The fourth-order valence-corrected chi connectivity index (χ4v) is 1.71. The molecule has 0 nitrogen and oxygen atoms in total. The molecule has 0 amide bonds. The summed E-state index contributed by atoms with van der Waals surface area (Å²) in [6, 6.07) is 0. The second-order valence-electron chi connectivity index (χ2n) is 3.52. The summed E-state index contributed by atoms with van der Waals surface area (Å²) in [5.41, 5.74) is 0. The molecule has 0 saturated carbocycles. The zero-order valence-electron chi connectivity index (χ0n) is 9.15. The highest BCUT2D eigenvalue weighted by molar-refractivity contribution is 6.30. The van der Waals surface area contributed by atoms with Gasteiger partial charge >= 0.3 is 0 Å². The minimum absolute atomic E-state index is 0.273. The van der Waals surface area contributed by atoms with Gasteiger partial charge < -0.3 is 0 Å². The van der Waals surface area contributed by atoms with Gasteiger partial charge in [-0.25, -0.2) is 0 Å². The molecule has 0 aromatic heterocycles. The first-order valence-corrected chi connectivity index (χ1v) is 5.75. The Morgan fingerprint density at radius 1 is 1.21 bits per heavy atom. The van der Waals surface area contributed by atoms with E-state index < -0.39 is 0 Å². The van der Waals surface area contributed by atoms with Crippen LogP contribution in [0.3, 0.4) is 0 Å². The standard InChI is InChI=1S/C13H19Cl/c1-4-7-8-9-12(5-2)13(6-3)10-11-14/h2,12-13H,4,6-9H2,1,3H3. The summed E-state index contributed by atoms with van der Waals surface area (Å²) >= 11 is 5.41. The van der Waals surface area contributed by atoms with Crippen LogP contribution in [-0.4, -0.2) is 0 Å². The average molecular weight is 211 g/mol. The van der Waals surface area contributed by atoms with Crippen LogP contribution in [0.15, 0.2) is 0 Å². The Morgan fingerprint density at radius 3 is 2.36 bits per heavy atom. The van der Waals surface area contributed by atoms with Gasteiger partial charge in [0.05, 0.1) is 0 Å². The molecule has 1 heteroatoms. The molecular formula is C13H19Cl. The van der Waals surface area contributed by atoms with E-state index >= 15 is 0 Å². The average Bonchev–Trinajstić information content (AvgIpc) is 2.22. The Balaban J connectivity index is 4.08. The molecule has 78 valence electrons. The molecule has 0 saturated heterocycles. The Labute approximate surface area is 93.4 Å². The summed E-state index contributed by atoms with van der Waals surface area (Å²) in [7, 11) is 0. The molecule has 0 N–H and O–H groups in total. The molecule has 0 aromatic rings. The summed E-state index contributed by atoms with van der Waals surface area (Å²) in [6.45, 7) is 4.30. The van der Waals surface area contributed by atoms with Crippen LogP contribution in [0.5, 0.6) is 0 Å². The third-order valence-corrected chi connectivity index (χ3v) is 2.61. The van der Waals surface area contributed by atoms with E-state index in [2.05, 4.69) is 31.1 Å². The van der Waals surface area contributed by atoms with Crippen LogP contribution in [0.1, 0.15) is 46.0 Å². The number of hydrogen-bond donors (Lipinski definition) is 0. The van der Waals surface area contributed by atoms with Gasteiger partial charge in [-0.3, -0.25) is 0 Å². The zero-order valence-corrected chi connectivity index (χ0v) is 9.90. The van der Waals surface area contributed by atoms with Crippen LogP contribution in [0.4, 0.5) is 0 Å². The van der Waals surface area contributed by atoms with E-state index in [1.807, 2.05) is 0 Å². The highest BCUT2D eigenvalue weighted by atomic mass is 35.5. The summed E-state index contributed by atoms with van der Waals surface area (Å²) in [4.78, 5) is 0. The van der Waals surface area contributed by atoms with Gasteiger partial charge in [0.15, 0.2) is 0 Å². The van der Waals surface area contributed by atoms with Crippen molar-refractivity contribution >= 4 is 11.6 Å². The van der Waals surface area contributed by atoms with Crippen LogP contribution < -0.4 is 0 Å². The highest BCUT2D eigenvalue weighted by Crippen LogP contribution is 2.21. The van der Waals surface area contributed by atoms with Crippen molar-refractivity contribution in [3.63, 3.8) is 0 Å². The third kappa shape index (κ3) is 5.21. The SMILES string of the molecule is C#CC(CCCCC)C(C#CCl)CC. The van der Waals surface area contributed by atoms with Crippen molar-refractivity contribution in [2.45, 2.75) is 46.0 Å². The molecule has 0 aliphatic carbocycles. The van der Waals surface area contributed by atoms with Crippen molar-refractivity contribution in [2.24, 2.45) is 11.8 Å². The number of unbranched alkanes of at least 4 members (excludes halogenated alkanes) is 2. The van der Waals surface area contributed by atoms with E-state index in [1.54, 1.807) is 0 Å². The van der Waals surface area contributed by atoms with E-state index in [0.29, 0.717) is 0 Å². The zero-order chi connectivity index (χ0) is 10.8. The van der Waals surface area contributed by atoms with Gasteiger partial charge in [-0.15, -0.1) is 12.3 Å². The summed E-state index contributed by atoms with van der Waals surface area (Å²) in [6.07, 6.45) is 11.3. The van der Waals surface area contributed by atoms with Gasteiger partial charge in [0.25, 0.3) is 0 Å². The van der Waals surface area contributed by atoms with Crippen LogP contribution in [0.2, 0.25) is 0 Å². The summed E-state index contributed by atoms with van der Waals surface area (Å²) < 4.78 is 0. The van der Waals surface area contributed by atoms with Gasteiger partial charge in [0, 0.05) is 17.2 Å². The molecule has 0 heterocycles. The van der Waals surface area contributed by atoms with Crippen molar-refractivity contribution < 1.29 is 0 Å². The minimum atomic E-state index is 0.273. The van der Waals surface area contributed by atoms with Crippen LogP contribution in [-0.2, 0) is 0 Å². The van der Waals surface area contributed by atoms with Crippen LogP contribution in [0, 0.1) is 35.5 Å². The lowest BCUT2D eigenvalue weighted by atomic mass is 9.87. The topological polar surface area (TPSA) is 0 Å². The van der Waals surface area contributed by atoms with Gasteiger partial charge in [-0.2, -0.15) is 0 Å². The number of halogens is 1. The Hall–Kier alpha value is -0.590. The van der Waals surface area contributed by atoms with Crippen molar-refractivity contribution in [1.82, 2.24) is 0 Å². The van der Waals surface area contributed by atoms with E-state index in [9.17, 15) is 0 Å². The second-order valence-corrected chi connectivity index (χ2v) is 3.71. The van der Waals surface area contributed by atoms with Crippen LogP contribution in [0.25, 0.3) is 0 Å². The lowest BCUT2D eigenvalue weighted by molar-refractivity contribution is 0.441. The Bertz CT molecular complexity index is 226. The fourth-order valence-electron chi connectivity index (χ4n) is 1.57. The van der Waals surface area contributed by atoms with Crippen molar-refractivity contribution in [3.8, 4) is 23.6 Å². The largest absolute Gasteiger partial charge is 0.120 e. The van der Waals surface area contributed by atoms with E-state index in [4.69, 9.17) is 18.0 Å². The Kier molecular flexibility index (Phi) is 8.61. The van der Waals surface area contributed by atoms with Crippen molar-refractivity contribution in [3.05, 3.63) is 0 Å². The smallest absolute Gasteiger partial charge is 0.0350 e. The predicted molar refractivity (Wildman–Crippen MR) is 63.9 cm³/mol. The lowest BCUT2D eigenvalue weighted by Crippen LogP contribution is -2.10. The molecule has 0 fully saturated rings. The number of terminal acetylenes is 1. The molecule has 0 aromatic carbocycles. The molecule has 0 aliphatic heterocycles. The maximum atomic E-state index is 5.50. The van der Waals surface area contributed by atoms with Gasteiger partial charge in [0.1, 0.15) is 0 Å². The van der Waals surface area contributed by atoms with Gasteiger partial charge in [-0.1, -0.05) is 39.0 Å². The quantitative estimate of drug-likeness (QED) is 0.459. The number of hydrogen-bond acceptors (Lipinski definition) is 0. The third-order valence-electron chi connectivity index (χ3n) is 2.50. The molecule has 14 heavy (non-hydrogen) atoms. The molecule has 0 spiro atoms. The van der Waals surface area contributed by atoms with Gasteiger partial charge in [0.2, 0.25) is 0 Å². The highest BCUT2D eigenvalue weighted by Gasteiger charge is 2.14. The predicted octanol–water partition coefficient (Wildman–Crippen LogP) is 4.04. The molecule has 2 unspecified atom stereocenters. The maximum absolute atomic E-state index is 5.50. The van der Waals surface area contributed by atoms with Crippen molar-refractivity contribution in [1.29, 1.82) is 0 Å². The minimum Gasteiger partial charge on any atom is -0.120 e. The molecule has 0 radical (unpaired) electrons.